The molecule has 8 heteroatoms. The number of hydrogen-bond donors (Lipinski definition) is 0. The van der Waals surface area contributed by atoms with Crippen molar-refractivity contribution in [1.82, 2.24) is 14.8 Å². The van der Waals surface area contributed by atoms with Crippen LogP contribution in [-0.4, -0.2) is 65.3 Å². The van der Waals surface area contributed by atoms with Gasteiger partial charge in [0.2, 0.25) is 0 Å². The third-order valence-corrected chi connectivity index (χ3v) is 6.26. The average Bonchev–Trinajstić information content (AvgIpc) is 2.75. The van der Waals surface area contributed by atoms with Crippen LogP contribution in [0.25, 0.3) is 0 Å². The highest BCUT2D eigenvalue weighted by molar-refractivity contribution is 6.31. The minimum absolute atomic E-state index is 0.0513. The molecule has 1 aromatic heterocycles. The number of nitrogens with zero attached hydrogens (tertiary/aromatic N) is 4. The smallest absolute Gasteiger partial charge is 0.251 e. The van der Waals surface area contributed by atoms with Gasteiger partial charge in [-0.3, -0.25) is 14.8 Å². The standard InChI is InChI=1S/C23H30ClFN4O2/c1-4-5-20(24)21(26-3)8-11-28-12-9-23(10-13-28)16-29(22(30)17(2)31-23)15-19-7-6-18(25)14-27-19/h4-7,14,17H,3,8-13,15-16H2,1-2H3/b5-4-,21-20+. The van der Waals surface area contributed by atoms with E-state index in [1.165, 1.54) is 12.3 Å². The minimum atomic E-state index is -0.500. The van der Waals surface area contributed by atoms with Crippen LogP contribution in [0.1, 0.15) is 38.8 Å². The Balaban J connectivity index is 1.59. The number of halogens is 2. The highest BCUT2D eigenvalue weighted by atomic mass is 35.5. The van der Waals surface area contributed by atoms with Crippen molar-refractivity contribution in [3.8, 4) is 0 Å². The molecule has 0 bridgehead atoms. The van der Waals surface area contributed by atoms with Gasteiger partial charge in [-0.2, -0.15) is 0 Å². The zero-order valence-electron chi connectivity index (χ0n) is 18.2. The topological polar surface area (TPSA) is 58.0 Å². The quantitative estimate of drug-likeness (QED) is 0.468. The van der Waals surface area contributed by atoms with Crippen LogP contribution in [0.4, 0.5) is 4.39 Å². The number of aromatic nitrogens is 1. The van der Waals surface area contributed by atoms with Crippen molar-refractivity contribution < 1.29 is 13.9 Å². The molecule has 1 aromatic rings. The minimum Gasteiger partial charge on any atom is -0.360 e. The first kappa shape index (κ1) is 23.6. The van der Waals surface area contributed by atoms with Crippen LogP contribution in [0.15, 0.2) is 46.2 Å². The summed E-state index contributed by atoms with van der Waals surface area (Å²) in [6.45, 7) is 10.8. The number of allylic oxidation sites excluding steroid dienone is 3. The maximum Gasteiger partial charge on any atom is 0.251 e. The van der Waals surface area contributed by atoms with E-state index in [9.17, 15) is 9.18 Å². The Labute approximate surface area is 188 Å². The van der Waals surface area contributed by atoms with E-state index in [-0.39, 0.29) is 17.3 Å². The van der Waals surface area contributed by atoms with Gasteiger partial charge >= 0.3 is 0 Å². The summed E-state index contributed by atoms with van der Waals surface area (Å²) in [7, 11) is 0. The zero-order chi connectivity index (χ0) is 22.4. The second-order valence-corrected chi connectivity index (χ2v) is 8.56. The molecule has 2 saturated heterocycles. The number of carbonyl (C=O) groups excluding carboxylic acids is 1. The van der Waals surface area contributed by atoms with E-state index < -0.39 is 6.10 Å². The van der Waals surface area contributed by atoms with Crippen molar-refractivity contribution in [2.24, 2.45) is 4.99 Å². The molecular weight excluding hydrogens is 419 g/mol. The van der Waals surface area contributed by atoms with Crippen LogP contribution in [0.2, 0.25) is 0 Å². The maximum absolute atomic E-state index is 13.2. The maximum atomic E-state index is 13.2. The summed E-state index contributed by atoms with van der Waals surface area (Å²) in [6.07, 6.45) is 6.80. The lowest BCUT2D eigenvalue weighted by Gasteiger charge is -2.49. The molecule has 1 atom stereocenters. The van der Waals surface area contributed by atoms with Gasteiger partial charge in [-0.25, -0.2) is 4.39 Å². The largest absolute Gasteiger partial charge is 0.360 e. The molecule has 2 aliphatic rings. The Kier molecular flexibility index (Phi) is 7.97. The monoisotopic (exact) mass is 448 g/mol. The lowest BCUT2D eigenvalue weighted by molar-refractivity contribution is -0.190. The van der Waals surface area contributed by atoms with Crippen LogP contribution in [-0.2, 0) is 16.1 Å². The summed E-state index contributed by atoms with van der Waals surface area (Å²) in [6, 6.07) is 2.99. The van der Waals surface area contributed by atoms with Crippen LogP contribution in [0, 0.1) is 5.82 Å². The first-order chi connectivity index (χ1) is 14.9. The second-order valence-electron chi connectivity index (χ2n) is 8.15. The van der Waals surface area contributed by atoms with E-state index in [0.717, 1.165) is 44.6 Å². The SMILES string of the molecule is C=N/C(CCN1CCC2(CC1)CN(Cc1ccc(F)cn1)C(=O)C(C)O2)=C(Cl)\C=C/C. The number of morpholine rings is 1. The lowest BCUT2D eigenvalue weighted by Crippen LogP contribution is -2.61. The van der Waals surface area contributed by atoms with Crippen molar-refractivity contribution in [2.75, 3.05) is 26.2 Å². The van der Waals surface area contributed by atoms with E-state index in [2.05, 4.69) is 21.6 Å². The fourth-order valence-corrected chi connectivity index (χ4v) is 4.50. The summed E-state index contributed by atoms with van der Waals surface area (Å²) in [5.41, 5.74) is 1.11. The summed E-state index contributed by atoms with van der Waals surface area (Å²) in [4.78, 5) is 25.0. The first-order valence-electron chi connectivity index (χ1n) is 10.6. The van der Waals surface area contributed by atoms with Gasteiger partial charge in [-0.1, -0.05) is 17.7 Å². The Morgan fingerprint density at radius 1 is 1.45 bits per heavy atom. The molecule has 31 heavy (non-hydrogen) atoms. The third kappa shape index (κ3) is 5.99. The second kappa shape index (κ2) is 10.5. The van der Waals surface area contributed by atoms with Crippen LogP contribution in [0.5, 0.6) is 0 Å². The number of amides is 1. The van der Waals surface area contributed by atoms with E-state index in [0.29, 0.717) is 23.8 Å². The predicted molar refractivity (Wildman–Crippen MR) is 120 cm³/mol. The van der Waals surface area contributed by atoms with Crippen molar-refractivity contribution in [2.45, 2.75) is 51.4 Å². The van der Waals surface area contributed by atoms with Gasteiger partial charge in [-0.05, 0) is 51.6 Å². The highest BCUT2D eigenvalue weighted by Gasteiger charge is 2.45. The van der Waals surface area contributed by atoms with Gasteiger partial charge in [0.15, 0.2) is 0 Å². The molecular formula is C23H30ClFN4O2. The first-order valence-corrected chi connectivity index (χ1v) is 11.0. The number of rotatable bonds is 7. The molecule has 3 heterocycles. The van der Waals surface area contributed by atoms with E-state index in [1.807, 2.05) is 19.1 Å². The number of piperidine rings is 1. The van der Waals surface area contributed by atoms with Crippen LogP contribution >= 0.6 is 11.6 Å². The van der Waals surface area contributed by atoms with Crippen molar-refractivity contribution >= 4 is 24.2 Å². The highest BCUT2D eigenvalue weighted by Crippen LogP contribution is 2.33. The Bertz CT molecular complexity index is 848. The molecule has 0 radical (unpaired) electrons. The van der Waals surface area contributed by atoms with Gasteiger partial charge in [0.25, 0.3) is 5.91 Å². The van der Waals surface area contributed by atoms with Gasteiger partial charge in [-0.15, -0.1) is 0 Å². The number of pyridine rings is 1. The van der Waals surface area contributed by atoms with Crippen LogP contribution < -0.4 is 0 Å². The number of carbonyl (C=O) groups is 1. The fourth-order valence-electron chi connectivity index (χ4n) is 4.22. The molecule has 3 rings (SSSR count). The molecule has 0 saturated carbocycles. The number of ether oxygens (including phenoxy) is 1. The third-order valence-electron chi connectivity index (χ3n) is 5.92. The van der Waals surface area contributed by atoms with E-state index in [1.54, 1.807) is 17.9 Å². The van der Waals surface area contributed by atoms with Crippen LogP contribution in [0.3, 0.4) is 0 Å². The molecule has 0 N–H and O–H groups in total. The average molecular weight is 449 g/mol. The van der Waals surface area contributed by atoms with Gasteiger partial charge < -0.3 is 14.5 Å². The van der Waals surface area contributed by atoms with Gasteiger partial charge in [0.1, 0.15) is 11.9 Å². The fraction of sp³-hybridized carbons (Fsp3) is 0.522. The zero-order valence-corrected chi connectivity index (χ0v) is 18.9. The Morgan fingerprint density at radius 3 is 2.81 bits per heavy atom. The Morgan fingerprint density at radius 2 is 2.19 bits per heavy atom. The molecule has 0 aliphatic carbocycles. The van der Waals surface area contributed by atoms with E-state index >= 15 is 0 Å². The molecule has 1 amide bonds. The van der Waals surface area contributed by atoms with Crippen molar-refractivity contribution in [3.05, 3.63) is 52.7 Å². The number of aliphatic imine (C=N–C) groups is 1. The summed E-state index contributed by atoms with van der Waals surface area (Å²) in [5.74, 6) is -0.435. The molecule has 1 unspecified atom stereocenters. The lowest BCUT2D eigenvalue weighted by atomic mass is 9.88. The summed E-state index contributed by atoms with van der Waals surface area (Å²) >= 11 is 6.26. The number of likely N-dealkylation sites (tertiary alicyclic amines) is 1. The van der Waals surface area contributed by atoms with Crippen molar-refractivity contribution in [1.29, 1.82) is 0 Å². The summed E-state index contributed by atoms with van der Waals surface area (Å²) in [5, 5.41) is 0.624. The molecule has 1 spiro atoms. The molecule has 6 nitrogen and oxygen atoms in total. The predicted octanol–water partition coefficient (Wildman–Crippen LogP) is 3.92. The van der Waals surface area contributed by atoms with Crippen molar-refractivity contribution in [3.63, 3.8) is 0 Å². The Hall–Kier alpha value is -2.09. The molecule has 0 aromatic carbocycles. The number of hydrogen-bond acceptors (Lipinski definition) is 5. The molecule has 2 aliphatic heterocycles. The summed E-state index contributed by atoms with van der Waals surface area (Å²) < 4.78 is 19.4. The van der Waals surface area contributed by atoms with Gasteiger partial charge in [0, 0.05) is 26.1 Å². The van der Waals surface area contributed by atoms with Gasteiger partial charge in [0.05, 0.1) is 41.3 Å². The normalized spacial score (nSPS) is 22.8. The molecule has 2 fully saturated rings. The molecule has 168 valence electrons. The van der Waals surface area contributed by atoms with E-state index in [4.69, 9.17) is 16.3 Å².